The van der Waals surface area contributed by atoms with Crippen LogP contribution in [-0.4, -0.2) is 69.4 Å². The fraction of sp³-hybridized carbons (Fsp3) is 0.500. The number of carboxylic acid groups (broad SMARTS) is 1. The van der Waals surface area contributed by atoms with Crippen LogP contribution in [0.5, 0.6) is 5.75 Å². The van der Waals surface area contributed by atoms with Crippen molar-refractivity contribution < 1.29 is 25.2 Å². The molecule has 0 aliphatic heterocycles. The summed E-state index contributed by atoms with van der Waals surface area (Å²) in [5, 5.41) is 40.4. The highest BCUT2D eigenvalue weighted by Gasteiger charge is 2.15. The monoisotopic (exact) mass is 543 g/mol. The molecule has 0 radical (unpaired) electrons. The summed E-state index contributed by atoms with van der Waals surface area (Å²) < 4.78 is 0. The second kappa shape index (κ2) is 15.9. The van der Waals surface area contributed by atoms with Gasteiger partial charge in [0.15, 0.2) is 0 Å². The Hall–Kier alpha value is -2.07. The van der Waals surface area contributed by atoms with Crippen LogP contribution >= 0.6 is 23.2 Å². The molecular weight excluding hydrogens is 505 g/mol. The van der Waals surface area contributed by atoms with Crippen LogP contribution in [0.25, 0.3) is 0 Å². The van der Waals surface area contributed by atoms with E-state index in [0.29, 0.717) is 35.9 Å². The van der Waals surface area contributed by atoms with E-state index >= 15 is 0 Å². The molecule has 202 valence electrons. The third-order valence-electron chi connectivity index (χ3n) is 5.27. The maximum Gasteiger partial charge on any atom is 0.320 e. The van der Waals surface area contributed by atoms with Gasteiger partial charge in [0.05, 0.1) is 12.7 Å². The summed E-state index contributed by atoms with van der Waals surface area (Å²) in [5.41, 5.74) is 8.47. The van der Waals surface area contributed by atoms with Crippen molar-refractivity contribution in [2.45, 2.75) is 51.5 Å². The fourth-order valence-electron chi connectivity index (χ4n) is 3.22. The van der Waals surface area contributed by atoms with Crippen LogP contribution < -0.4 is 16.0 Å². The Morgan fingerprint density at radius 3 is 2.14 bits per heavy atom. The normalized spacial score (nSPS) is 12.9. The quantitative estimate of drug-likeness (QED) is 0.224. The number of nitrogens with two attached hydrogens (primary N) is 1. The van der Waals surface area contributed by atoms with Gasteiger partial charge in [-0.2, -0.15) is 0 Å². The summed E-state index contributed by atoms with van der Waals surface area (Å²) in [7, 11) is 0. The van der Waals surface area contributed by atoms with Crippen molar-refractivity contribution in [2.24, 2.45) is 5.73 Å². The maximum atomic E-state index is 10.7. The first-order valence-electron chi connectivity index (χ1n) is 11.7. The smallest absolute Gasteiger partial charge is 0.320 e. The zero-order valence-electron chi connectivity index (χ0n) is 21.1. The van der Waals surface area contributed by atoms with Crippen molar-refractivity contribution in [1.29, 1.82) is 0 Å². The molecule has 0 bridgehead atoms. The predicted octanol–water partition coefficient (Wildman–Crippen LogP) is 3.23. The van der Waals surface area contributed by atoms with E-state index in [9.17, 15) is 15.0 Å². The summed E-state index contributed by atoms with van der Waals surface area (Å²) in [6, 6.07) is 11.5. The van der Waals surface area contributed by atoms with E-state index in [-0.39, 0.29) is 17.9 Å². The molecule has 0 saturated heterocycles. The molecule has 0 spiro atoms. The third kappa shape index (κ3) is 11.8. The minimum Gasteiger partial charge on any atom is -0.508 e. The molecule has 1 unspecified atom stereocenters. The SMILES string of the molecule is CC(C)(C)NCC(O)c1ccc(O)c(CO)c1.N[C@@H](Cc1ccc(N(CCCl)CCCl)cc1)C(=O)O. The first-order chi connectivity index (χ1) is 16.9. The van der Waals surface area contributed by atoms with E-state index < -0.39 is 18.1 Å². The number of β-amino-alcohol motifs (C(OH)–C–C–N with tert-alkyl or cyclic N) is 1. The summed E-state index contributed by atoms with van der Waals surface area (Å²) in [5.74, 6) is 0.118. The summed E-state index contributed by atoms with van der Waals surface area (Å²) >= 11 is 11.5. The molecule has 2 aromatic carbocycles. The van der Waals surface area contributed by atoms with Crippen LogP contribution in [0, 0.1) is 0 Å². The van der Waals surface area contributed by atoms with Gasteiger partial charge >= 0.3 is 5.97 Å². The molecule has 2 aromatic rings. The van der Waals surface area contributed by atoms with Crippen molar-refractivity contribution in [1.82, 2.24) is 5.32 Å². The van der Waals surface area contributed by atoms with E-state index in [0.717, 1.165) is 24.3 Å². The lowest BCUT2D eigenvalue weighted by molar-refractivity contribution is -0.138. The third-order valence-corrected chi connectivity index (χ3v) is 5.61. The number of phenols is 1. The molecule has 7 N–H and O–H groups in total. The van der Waals surface area contributed by atoms with Gasteiger partial charge in [-0.15, -0.1) is 23.2 Å². The molecule has 0 heterocycles. The van der Waals surface area contributed by atoms with Gasteiger partial charge < -0.3 is 36.4 Å². The van der Waals surface area contributed by atoms with Crippen molar-refractivity contribution in [3.63, 3.8) is 0 Å². The van der Waals surface area contributed by atoms with E-state index in [1.807, 2.05) is 45.0 Å². The van der Waals surface area contributed by atoms with Crippen LogP contribution in [0.3, 0.4) is 0 Å². The van der Waals surface area contributed by atoms with Gasteiger partial charge in [-0.05, 0) is 62.6 Å². The topological polar surface area (TPSA) is 139 Å². The molecule has 0 aliphatic rings. The van der Waals surface area contributed by atoms with Crippen LogP contribution in [-0.2, 0) is 17.8 Å². The molecule has 10 heteroatoms. The molecule has 2 rings (SSSR count). The summed E-state index contributed by atoms with van der Waals surface area (Å²) in [6.45, 7) is 7.71. The van der Waals surface area contributed by atoms with Crippen molar-refractivity contribution in [2.75, 3.05) is 36.3 Å². The number of carbonyl (C=O) groups is 1. The molecule has 8 nitrogen and oxygen atoms in total. The molecule has 0 saturated carbocycles. The van der Waals surface area contributed by atoms with E-state index in [4.69, 9.17) is 39.1 Å². The van der Waals surface area contributed by atoms with E-state index in [1.165, 1.54) is 6.07 Å². The molecular formula is C26H39Cl2N3O5. The number of hydrogen-bond donors (Lipinski definition) is 6. The van der Waals surface area contributed by atoms with Crippen LogP contribution in [0.15, 0.2) is 42.5 Å². The number of alkyl halides is 2. The highest BCUT2D eigenvalue weighted by molar-refractivity contribution is 6.18. The Kier molecular flexibility index (Phi) is 14.1. The number of aromatic hydroxyl groups is 1. The zero-order chi connectivity index (χ0) is 27.3. The number of halogens is 2. The van der Waals surface area contributed by atoms with Gasteiger partial charge in [0.25, 0.3) is 0 Å². The number of hydrogen-bond acceptors (Lipinski definition) is 7. The van der Waals surface area contributed by atoms with Gasteiger partial charge in [0.1, 0.15) is 11.8 Å². The second-order valence-corrected chi connectivity index (χ2v) is 10.1. The highest BCUT2D eigenvalue weighted by atomic mass is 35.5. The lowest BCUT2D eigenvalue weighted by Gasteiger charge is -2.23. The van der Waals surface area contributed by atoms with Crippen molar-refractivity contribution in [3.05, 3.63) is 59.2 Å². The number of carboxylic acids is 1. The van der Waals surface area contributed by atoms with Crippen LogP contribution in [0.4, 0.5) is 5.69 Å². The molecule has 0 aliphatic carbocycles. The summed E-state index contributed by atoms with van der Waals surface area (Å²) in [6.07, 6.45) is -0.333. The van der Waals surface area contributed by atoms with Crippen LogP contribution in [0.1, 0.15) is 43.6 Å². The lowest BCUT2D eigenvalue weighted by Crippen LogP contribution is -2.38. The van der Waals surface area contributed by atoms with Crippen molar-refractivity contribution in [3.8, 4) is 5.75 Å². The average molecular weight is 545 g/mol. The van der Waals surface area contributed by atoms with Gasteiger partial charge in [-0.1, -0.05) is 18.2 Å². The Morgan fingerprint density at radius 1 is 1.08 bits per heavy atom. The molecule has 0 fully saturated rings. The van der Waals surface area contributed by atoms with Gasteiger partial charge in [-0.25, -0.2) is 0 Å². The Balaban J connectivity index is 0.000000362. The number of rotatable bonds is 12. The minimum atomic E-state index is -0.991. The summed E-state index contributed by atoms with van der Waals surface area (Å²) in [4.78, 5) is 12.8. The van der Waals surface area contributed by atoms with Gasteiger partial charge in [-0.3, -0.25) is 4.79 Å². The average Bonchev–Trinajstić information content (AvgIpc) is 2.83. The van der Waals surface area contributed by atoms with Crippen molar-refractivity contribution >= 4 is 34.9 Å². The maximum absolute atomic E-state index is 10.7. The van der Waals surface area contributed by atoms with Gasteiger partial charge in [0, 0.05) is 48.2 Å². The number of benzene rings is 2. The number of nitrogens with one attached hydrogen (secondary N) is 1. The van der Waals surface area contributed by atoms with E-state index in [1.54, 1.807) is 12.1 Å². The Morgan fingerprint density at radius 2 is 1.67 bits per heavy atom. The molecule has 2 atom stereocenters. The first kappa shape index (κ1) is 32.0. The minimum absolute atomic E-state index is 0.0484. The Bertz CT molecular complexity index is 917. The number of aliphatic hydroxyl groups excluding tert-OH is 2. The number of aliphatic carboxylic acids is 1. The number of aliphatic hydroxyl groups is 2. The second-order valence-electron chi connectivity index (χ2n) is 9.37. The number of nitrogens with zero attached hydrogens (tertiary/aromatic N) is 1. The Labute approximate surface area is 223 Å². The first-order valence-corrected chi connectivity index (χ1v) is 12.8. The molecule has 0 amide bonds. The fourth-order valence-corrected chi connectivity index (χ4v) is 3.63. The van der Waals surface area contributed by atoms with Crippen LogP contribution in [0.2, 0.25) is 0 Å². The molecule has 0 aromatic heterocycles. The largest absolute Gasteiger partial charge is 0.508 e. The predicted molar refractivity (Wildman–Crippen MR) is 146 cm³/mol. The number of anilines is 1. The zero-order valence-corrected chi connectivity index (χ0v) is 22.6. The molecule has 36 heavy (non-hydrogen) atoms. The van der Waals surface area contributed by atoms with Gasteiger partial charge in [0.2, 0.25) is 0 Å². The standard InChI is InChI=1S/C13H18Cl2N2O2.C13H21NO3/c14-5-7-17(8-6-15)11-3-1-10(2-4-11)9-12(16)13(18)19;1-13(2,3)14-7-12(17)9-4-5-11(16)10(6-9)8-15/h1-4,12H,5-9,16H2,(H,18,19);4-6,12,14-17H,7-8H2,1-3H3/t12-;/m0./s1. The lowest BCUT2D eigenvalue weighted by atomic mass is 10.0. The van der Waals surface area contributed by atoms with E-state index in [2.05, 4.69) is 10.2 Å². The highest BCUT2D eigenvalue weighted by Crippen LogP contribution is 2.22.